The van der Waals surface area contributed by atoms with Crippen LogP contribution < -0.4 is 10.6 Å². The molecule has 1 aliphatic heterocycles. The quantitative estimate of drug-likeness (QED) is 0.759. The van der Waals surface area contributed by atoms with Crippen LogP contribution in [-0.4, -0.2) is 30.8 Å². The Morgan fingerprint density at radius 1 is 1.38 bits per heavy atom. The van der Waals surface area contributed by atoms with Gasteiger partial charge in [-0.3, -0.25) is 0 Å². The Bertz CT molecular complexity index is 230. The summed E-state index contributed by atoms with van der Waals surface area (Å²) < 4.78 is 5.23. The maximum atomic E-state index is 11.6. The molecule has 0 aromatic heterocycles. The van der Waals surface area contributed by atoms with Gasteiger partial charge in [0.25, 0.3) is 0 Å². The summed E-state index contributed by atoms with van der Waals surface area (Å²) in [4.78, 5) is 11.6. The van der Waals surface area contributed by atoms with Crippen LogP contribution in [0.25, 0.3) is 0 Å². The van der Waals surface area contributed by atoms with Crippen molar-refractivity contribution in [3.8, 4) is 0 Å². The molecule has 0 radical (unpaired) electrons. The monoisotopic (exact) mass is 228 g/mol. The van der Waals surface area contributed by atoms with Gasteiger partial charge in [-0.25, -0.2) is 4.79 Å². The van der Waals surface area contributed by atoms with E-state index in [-0.39, 0.29) is 12.1 Å². The molecular weight excluding hydrogens is 204 g/mol. The zero-order chi connectivity index (χ0) is 12.2. The molecule has 0 aromatic carbocycles. The van der Waals surface area contributed by atoms with Gasteiger partial charge in [0.2, 0.25) is 0 Å². The van der Waals surface area contributed by atoms with Crippen molar-refractivity contribution in [1.82, 2.24) is 10.6 Å². The van der Waals surface area contributed by atoms with E-state index in [1.54, 1.807) is 0 Å². The number of piperidine rings is 1. The molecule has 4 nitrogen and oxygen atoms in total. The lowest BCUT2D eigenvalue weighted by Crippen LogP contribution is -2.44. The molecule has 1 aliphatic rings. The molecule has 1 rings (SSSR count). The number of amides is 1. The number of carbonyl (C=O) groups excluding carboxylic acids is 1. The summed E-state index contributed by atoms with van der Waals surface area (Å²) in [5.74, 6) is 0.564. The first kappa shape index (κ1) is 13.3. The highest BCUT2D eigenvalue weighted by Gasteiger charge is 2.23. The second-order valence-corrected chi connectivity index (χ2v) is 5.52. The van der Waals surface area contributed by atoms with Gasteiger partial charge < -0.3 is 15.4 Å². The van der Waals surface area contributed by atoms with E-state index < -0.39 is 5.60 Å². The zero-order valence-electron chi connectivity index (χ0n) is 10.8. The van der Waals surface area contributed by atoms with E-state index in [1.165, 1.54) is 0 Å². The lowest BCUT2D eigenvalue weighted by molar-refractivity contribution is 0.0486. The van der Waals surface area contributed by atoms with Gasteiger partial charge in [-0.1, -0.05) is 0 Å². The van der Waals surface area contributed by atoms with Crippen molar-refractivity contribution in [3.05, 3.63) is 0 Å². The minimum absolute atomic E-state index is 0.192. The van der Waals surface area contributed by atoms with Gasteiger partial charge >= 0.3 is 6.09 Å². The molecule has 4 heteroatoms. The summed E-state index contributed by atoms with van der Waals surface area (Å²) in [5.41, 5.74) is -0.419. The molecule has 1 fully saturated rings. The number of ether oxygens (including phenoxy) is 1. The van der Waals surface area contributed by atoms with Crippen molar-refractivity contribution in [1.29, 1.82) is 0 Å². The summed E-state index contributed by atoms with van der Waals surface area (Å²) in [6, 6.07) is 0.192. The Morgan fingerprint density at radius 3 is 2.44 bits per heavy atom. The highest BCUT2D eigenvalue weighted by molar-refractivity contribution is 5.68. The number of hydrogen-bond acceptors (Lipinski definition) is 3. The first-order chi connectivity index (χ1) is 7.38. The average molecular weight is 228 g/mol. The predicted molar refractivity (Wildman–Crippen MR) is 64.4 cm³/mol. The molecule has 0 saturated carbocycles. The maximum absolute atomic E-state index is 11.6. The Kier molecular flexibility index (Phi) is 4.59. The molecule has 0 bridgehead atoms. The molecule has 1 amide bonds. The fourth-order valence-electron chi connectivity index (χ4n) is 1.96. The number of alkyl carbamates (subject to hydrolysis) is 1. The van der Waals surface area contributed by atoms with E-state index in [9.17, 15) is 4.79 Å². The Balaban J connectivity index is 2.32. The standard InChI is InChI=1S/C12H24N2O2/c1-9(10-5-7-13-8-6-10)14-11(15)16-12(2,3)4/h9-10,13H,5-8H2,1-4H3,(H,14,15)/t9-/m0/s1. The molecule has 0 unspecified atom stereocenters. The van der Waals surface area contributed by atoms with E-state index >= 15 is 0 Å². The third-order valence-electron chi connectivity index (χ3n) is 2.84. The molecule has 94 valence electrons. The molecule has 16 heavy (non-hydrogen) atoms. The van der Waals surface area contributed by atoms with Gasteiger partial charge in [-0.05, 0) is 59.5 Å². The Hall–Kier alpha value is -0.770. The highest BCUT2D eigenvalue weighted by Crippen LogP contribution is 2.16. The van der Waals surface area contributed by atoms with Crippen LogP contribution in [-0.2, 0) is 4.74 Å². The molecule has 0 aromatic rings. The highest BCUT2D eigenvalue weighted by atomic mass is 16.6. The smallest absolute Gasteiger partial charge is 0.407 e. The van der Waals surface area contributed by atoms with Crippen molar-refractivity contribution >= 4 is 6.09 Å². The topological polar surface area (TPSA) is 50.4 Å². The van der Waals surface area contributed by atoms with Crippen LogP contribution >= 0.6 is 0 Å². The van der Waals surface area contributed by atoms with Crippen LogP contribution in [0.4, 0.5) is 4.79 Å². The molecule has 0 aliphatic carbocycles. The molecule has 0 spiro atoms. The second kappa shape index (κ2) is 5.53. The van der Waals surface area contributed by atoms with E-state index in [0.717, 1.165) is 25.9 Å². The van der Waals surface area contributed by atoms with Crippen LogP contribution in [0.15, 0.2) is 0 Å². The van der Waals surface area contributed by atoms with Crippen LogP contribution in [0.2, 0.25) is 0 Å². The first-order valence-electron chi connectivity index (χ1n) is 6.09. The number of rotatable bonds is 2. The summed E-state index contributed by atoms with van der Waals surface area (Å²) in [5, 5.41) is 6.23. The van der Waals surface area contributed by atoms with Gasteiger partial charge in [-0.2, -0.15) is 0 Å². The Morgan fingerprint density at radius 2 is 1.94 bits per heavy atom. The van der Waals surface area contributed by atoms with Crippen LogP contribution in [0.3, 0.4) is 0 Å². The van der Waals surface area contributed by atoms with E-state index in [0.29, 0.717) is 5.92 Å². The van der Waals surface area contributed by atoms with Crippen molar-refractivity contribution < 1.29 is 9.53 Å². The van der Waals surface area contributed by atoms with Crippen molar-refractivity contribution in [2.24, 2.45) is 5.92 Å². The average Bonchev–Trinajstić information content (AvgIpc) is 2.16. The lowest BCUT2D eigenvalue weighted by Gasteiger charge is -2.29. The SMILES string of the molecule is C[C@H](NC(=O)OC(C)(C)C)C1CCNCC1. The maximum Gasteiger partial charge on any atom is 0.407 e. The minimum Gasteiger partial charge on any atom is -0.444 e. The van der Waals surface area contributed by atoms with Crippen molar-refractivity contribution in [2.45, 2.75) is 52.2 Å². The van der Waals surface area contributed by atoms with Gasteiger partial charge in [0.1, 0.15) is 5.60 Å². The zero-order valence-corrected chi connectivity index (χ0v) is 10.8. The van der Waals surface area contributed by atoms with Crippen LogP contribution in [0.5, 0.6) is 0 Å². The van der Waals surface area contributed by atoms with E-state index in [1.807, 2.05) is 20.8 Å². The summed E-state index contributed by atoms with van der Waals surface area (Å²) in [6.45, 7) is 9.78. The minimum atomic E-state index is -0.419. The third-order valence-corrected chi connectivity index (χ3v) is 2.84. The predicted octanol–water partition coefficient (Wildman–Crippen LogP) is 1.90. The largest absolute Gasteiger partial charge is 0.444 e. The first-order valence-corrected chi connectivity index (χ1v) is 6.09. The fourth-order valence-corrected chi connectivity index (χ4v) is 1.96. The number of carbonyl (C=O) groups is 1. The number of nitrogens with one attached hydrogen (secondary N) is 2. The van der Waals surface area contributed by atoms with Gasteiger partial charge in [0.15, 0.2) is 0 Å². The molecule has 1 heterocycles. The molecular formula is C12H24N2O2. The Labute approximate surface area is 98.1 Å². The van der Waals surface area contributed by atoms with Gasteiger partial charge in [-0.15, -0.1) is 0 Å². The molecule has 1 atom stereocenters. The third kappa shape index (κ3) is 4.84. The van der Waals surface area contributed by atoms with Gasteiger partial charge in [0, 0.05) is 6.04 Å². The summed E-state index contributed by atoms with van der Waals surface area (Å²) >= 11 is 0. The fraction of sp³-hybridized carbons (Fsp3) is 0.917. The second-order valence-electron chi connectivity index (χ2n) is 5.52. The normalized spacial score (nSPS) is 20.2. The molecule has 2 N–H and O–H groups in total. The van der Waals surface area contributed by atoms with E-state index in [2.05, 4.69) is 17.6 Å². The van der Waals surface area contributed by atoms with Gasteiger partial charge in [0.05, 0.1) is 0 Å². The van der Waals surface area contributed by atoms with Crippen molar-refractivity contribution in [2.75, 3.05) is 13.1 Å². The lowest BCUT2D eigenvalue weighted by atomic mass is 9.91. The number of hydrogen-bond donors (Lipinski definition) is 2. The van der Waals surface area contributed by atoms with Crippen molar-refractivity contribution in [3.63, 3.8) is 0 Å². The van der Waals surface area contributed by atoms with Crippen LogP contribution in [0, 0.1) is 5.92 Å². The van der Waals surface area contributed by atoms with E-state index in [4.69, 9.17) is 4.74 Å². The molecule has 1 saturated heterocycles. The summed E-state index contributed by atoms with van der Waals surface area (Å²) in [7, 11) is 0. The van der Waals surface area contributed by atoms with Crippen LogP contribution in [0.1, 0.15) is 40.5 Å². The summed E-state index contributed by atoms with van der Waals surface area (Å²) in [6.07, 6.45) is 1.94.